The number of thioether (sulfide) groups is 1. The predicted octanol–water partition coefficient (Wildman–Crippen LogP) is 4.94. The highest BCUT2D eigenvalue weighted by atomic mass is 35.5. The smallest absolute Gasteiger partial charge is 0.419 e. The van der Waals surface area contributed by atoms with Crippen LogP contribution in [-0.2, 0) is 11.0 Å². The van der Waals surface area contributed by atoms with E-state index in [1.165, 1.54) is 30.3 Å². The van der Waals surface area contributed by atoms with Gasteiger partial charge in [-0.15, -0.1) is 12.4 Å². The lowest BCUT2D eigenvalue weighted by molar-refractivity contribution is -0.138. The van der Waals surface area contributed by atoms with E-state index in [-0.39, 0.29) is 29.8 Å². The van der Waals surface area contributed by atoms with Crippen LogP contribution < -0.4 is 15.8 Å². The van der Waals surface area contributed by atoms with Crippen LogP contribution in [0.25, 0.3) is 0 Å². The van der Waals surface area contributed by atoms with Crippen LogP contribution in [0.4, 0.5) is 18.9 Å². The molecule has 2 aromatic rings. The Labute approximate surface area is 166 Å². The van der Waals surface area contributed by atoms with E-state index < -0.39 is 17.8 Å². The summed E-state index contributed by atoms with van der Waals surface area (Å²) in [6, 6.07) is 10.4. The minimum atomic E-state index is -4.50. The van der Waals surface area contributed by atoms with E-state index in [4.69, 9.17) is 10.5 Å². The SMILES string of the molecule is CSCC[C@H](N)C(=O)Nc1ccc(Oc2ccccc2C(F)(F)F)cc1.Cl. The lowest BCUT2D eigenvalue weighted by atomic mass is 10.2. The van der Waals surface area contributed by atoms with Crippen molar-refractivity contribution in [2.45, 2.75) is 18.6 Å². The number of benzene rings is 2. The van der Waals surface area contributed by atoms with Gasteiger partial charge in [0.1, 0.15) is 11.5 Å². The lowest BCUT2D eigenvalue weighted by Crippen LogP contribution is -2.36. The fourth-order valence-corrected chi connectivity index (χ4v) is 2.62. The molecule has 0 heterocycles. The molecule has 3 N–H and O–H groups in total. The Balaban J connectivity index is 0.00000364. The van der Waals surface area contributed by atoms with E-state index in [2.05, 4.69) is 5.32 Å². The van der Waals surface area contributed by atoms with Gasteiger partial charge in [-0.1, -0.05) is 12.1 Å². The van der Waals surface area contributed by atoms with Gasteiger partial charge in [0.25, 0.3) is 0 Å². The predicted molar refractivity (Wildman–Crippen MR) is 105 cm³/mol. The van der Waals surface area contributed by atoms with Gasteiger partial charge in [-0.05, 0) is 54.8 Å². The van der Waals surface area contributed by atoms with E-state index in [0.717, 1.165) is 11.8 Å². The Kier molecular flexibility index (Phi) is 8.95. The second-order valence-corrected chi connectivity index (χ2v) is 6.48. The first-order chi connectivity index (χ1) is 12.3. The summed E-state index contributed by atoms with van der Waals surface area (Å²) in [4.78, 5) is 11.9. The van der Waals surface area contributed by atoms with Crippen molar-refractivity contribution in [3.8, 4) is 11.5 Å². The molecule has 1 atom stereocenters. The van der Waals surface area contributed by atoms with Crippen LogP contribution in [0.2, 0.25) is 0 Å². The summed E-state index contributed by atoms with van der Waals surface area (Å²) >= 11 is 1.60. The zero-order valence-corrected chi connectivity index (χ0v) is 16.1. The van der Waals surface area contributed by atoms with Gasteiger partial charge in [-0.3, -0.25) is 4.79 Å². The van der Waals surface area contributed by atoms with Crippen molar-refractivity contribution in [2.24, 2.45) is 5.73 Å². The number of anilines is 1. The number of nitrogens with two attached hydrogens (primary N) is 1. The molecule has 4 nitrogen and oxygen atoms in total. The van der Waals surface area contributed by atoms with Gasteiger partial charge in [-0.2, -0.15) is 24.9 Å². The van der Waals surface area contributed by atoms with Crippen LogP contribution in [0.15, 0.2) is 48.5 Å². The van der Waals surface area contributed by atoms with Crippen molar-refractivity contribution in [3.63, 3.8) is 0 Å². The molecule has 2 rings (SSSR count). The van der Waals surface area contributed by atoms with Crippen LogP contribution in [-0.4, -0.2) is 24.0 Å². The quantitative estimate of drug-likeness (QED) is 0.666. The van der Waals surface area contributed by atoms with Crippen molar-refractivity contribution >= 4 is 35.8 Å². The summed E-state index contributed by atoms with van der Waals surface area (Å²) < 4.78 is 44.3. The molecular weight excluding hydrogens is 401 g/mol. The lowest BCUT2D eigenvalue weighted by Gasteiger charge is -2.14. The van der Waals surface area contributed by atoms with E-state index in [0.29, 0.717) is 12.1 Å². The van der Waals surface area contributed by atoms with Gasteiger partial charge in [0.15, 0.2) is 0 Å². The molecule has 27 heavy (non-hydrogen) atoms. The Morgan fingerprint density at radius 2 is 1.81 bits per heavy atom. The molecule has 148 valence electrons. The third-order valence-corrected chi connectivity index (χ3v) is 4.16. The Bertz CT molecular complexity index is 742. The topological polar surface area (TPSA) is 64.4 Å². The zero-order chi connectivity index (χ0) is 19.2. The van der Waals surface area contributed by atoms with Gasteiger partial charge in [0.2, 0.25) is 5.91 Å². The maximum Gasteiger partial charge on any atom is 0.419 e. The van der Waals surface area contributed by atoms with Crippen molar-refractivity contribution in [3.05, 3.63) is 54.1 Å². The summed E-state index contributed by atoms with van der Waals surface area (Å²) in [6.45, 7) is 0. The number of rotatable bonds is 7. The average molecular weight is 421 g/mol. The van der Waals surface area contributed by atoms with Crippen LogP contribution in [0.5, 0.6) is 11.5 Å². The molecule has 0 unspecified atom stereocenters. The molecule has 0 aliphatic carbocycles. The summed E-state index contributed by atoms with van der Waals surface area (Å²) in [5.41, 5.74) is 5.43. The monoisotopic (exact) mass is 420 g/mol. The molecule has 0 radical (unpaired) electrons. The number of alkyl halides is 3. The number of para-hydroxylation sites is 1. The highest BCUT2D eigenvalue weighted by Crippen LogP contribution is 2.37. The highest BCUT2D eigenvalue weighted by molar-refractivity contribution is 7.98. The van der Waals surface area contributed by atoms with E-state index in [9.17, 15) is 18.0 Å². The fourth-order valence-electron chi connectivity index (χ4n) is 2.13. The average Bonchev–Trinajstić information content (AvgIpc) is 2.60. The molecule has 0 bridgehead atoms. The molecule has 0 aliphatic heterocycles. The molecule has 0 fully saturated rings. The first-order valence-corrected chi connectivity index (χ1v) is 9.20. The highest BCUT2D eigenvalue weighted by Gasteiger charge is 2.34. The van der Waals surface area contributed by atoms with Crippen molar-refractivity contribution < 1.29 is 22.7 Å². The van der Waals surface area contributed by atoms with Crippen molar-refractivity contribution in [1.82, 2.24) is 0 Å². The molecule has 0 aliphatic rings. The Morgan fingerprint density at radius 1 is 1.19 bits per heavy atom. The van der Waals surface area contributed by atoms with Gasteiger partial charge < -0.3 is 15.8 Å². The first-order valence-electron chi connectivity index (χ1n) is 7.81. The zero-order valence-electron chi connectivity index (χ0n) is 14.5. The Morgan fingerprint density at radius 3 is 2.41 bits per heavy atom. The number of carbonyl (C=O) groups is 1. The maximum absolute atomic E-state index is 13.0. The summed E-state index contributed by atoms with van der Waals surface area (Å²) in [5, 5.41) is 2.67. The number of nitrogens with one attached hydrogen (secondary N) is 1. The van der Waals surface area contributed by atoms with Gasteiger partial charge >= 0.3 is 6.18 Å². The number of ether oxygens (including phenoxy) is 1. The molecule has 0 saturated heterocycles. The second kappa shape index (κ2) is 10.4. The van der Waals surface area contributed by atoms with Crippen LogP contribution in [0, 0.1) is 0 Å². The van der Waals surface area contributed by atoms with Gasteiger partial charge in [-0.25, -0.2) is 0 Å². The summed E-state index contributed by atoms with van der Waals surface area (Å²) in [6.07, 6.45) is -2.01. The maximum atomic E-state index is 13.0. The van der Waals surface area contributed by atoms with Crippen molar-refractivity contribution in [2.75, 3.05) is 17.3 Å². The largest absolute Gasteiger partial charge is 0.457 e. The molecule has 1 amide bonds. The number of amides is 1. The Hall–Kier alpha value is -1.90. The van der Waals surface area contributed by atoms with Gasteiger partial charge in [0.05, 0.1) is 11.6 Å². The fraction of sp³-hybridized carbons (Fsp3) is 0.278. The first kappa shape index (κ1) is 23.1. The molecule has 0 spiro atoms. The minimum Gasteiger partial charge on any atom is -0.457 e. The van der Waals surface area contributed by atoms with Crippen LogP contribution in [0.1, 0.15) is 12.0 Å². The number of hydrogen-bond donors (Lipinski definition) is 2. The van der Waals surface area contributed by atoms with E-state index in [1.54, 1.807) is 23.9 Å². The number of carbonyl (C=O) groups excluding carboxylic acids is 1. The number of hydrogen-bond acceptors (Lipinski definition) is 4. The standard InChI is InChI=1S/C18H19F3N2O2S.ClH/c1-26-11-10-15(22)17(24)23-12-6-8-13(9-7-12)25-16-5-3-2-4-14(16)18(19,20)21;/h2-9,15H,10-11,22H2,1H3,(H,23,24);1H/t15-;/m0./s1. The molecular formula is C18H20ClF3N2O2S. The minimum absolute atomic E-state index is 0. The second-order valence-electron chi connectivity index (χ2n) is 5.50. The third-order valence-electron chi connectivity index (χ3n) is 3.51. The van der Waals surface area contributed by atoms with Crippen LogP contribution in [0.3, 0.4) is 0 Å². The normalized spacial score (nSPS) is 12.0. The summed E-state index contributed by atoms with van der Waals surface area (Å²) in [5.74, 6) is 0.414. The molecule has 0 saturated carbocycles. The van der Waals surface area contributed by atoms with E-state index in [1.807, 2.05) is 6.26 Å². The van der Waals surface area contributed by atoms with E-state index >= 15 is 0 Å². The number of halogens is 4. The molecule has 9 heteroatoms. The van der Waals surface area contributed by atoms with Gasteiger partial charge in [0, 0.05) is 5.69 Å². The third kappa shape index (κ3) is 6.97. The molecule has 0 aromatic heterocycles. The van der Waals surface area contributed by atoms with Crippen molar-refractivity contribution in [1.29, 1.82) is 0 Å². The molecule has 2 aromatic carbocycles. The van der Waals surface area contributed by atoms with Crippen LogP contribution >= 0.6 is 24.2 Å². The summed E-state index contributed by atoms with van der Waals surface area (Å²) in [7, 11) is 0.